The normalized spacial score (nSPS) is 14.6. The molecular weight excluding hydrogens is 446 g/mol. The fourth-order valence-electron chi connectivity index (χ4n) is 4.21. The molecule has 174 valence electrons. The number of para-hydroxylation sites is 2. The van der Waals surface area contributed by atoms with Crippen molar-refractivity contribution in [3.8, 4) is 5.69 Å². The van der Waals surface area contributed by atoms with Crippen LogP contribution in [0.2, 0.25) is 0 Å². The van der Waals surface area contributed by atoms with E-state index in [1.165, 1.54) is 17.3 Å². The number of hydrogen-bond acceptors (Lipinski definition) is 7. The number of aromatic nitrogens is 4. The van der Waals surface area contributed by atoms with Crippen LogP contribution in [-0.2, 0) is 11.3 Å². The van der Waals surface area contributed by atoms with Gasteiger partial charge in [-0.3, -0.25) is 14.3 Å². The van der Waals surface area contributed by atoms with Crippen molar-refractivity contribution in [1.82, 2.24) is 29.3 Å². The van der Waals surface area contributed by atoms with Gasteiger partial charge in [-0.25, -0.2) is 15.0 Å². The number of imidazole rings is 1. The van der Waals surface area contributed by atoms with Crippen LogP contribution in [0.3, 0.4) is 0 Å². The number of rotatable bonds is 6. The Morgan fingerprint density at radius 2 is 1.79 bits per heavy atom. The number of nitrogen functional groups attached to an aromatic ring is 1. The zero-order chi connectivity index (χ0) is 23.5. The maximum absolute atomic E-state index is 12.9. The van der Waals surface area contributed by atoms with E-state index in [9.17, 15) is 4.79 Å². The number of hydrogen-bond donors (Lipinski definition) is 1. The zero-order valence-corrected chi connectivity index (χ0v) is 19.9. The van der Waals surface area contributed by atoms with Crippen LogP contribution in [-0.4, -0.2) is 67.2 Å². The predicted octanol–water partition coefficient (Wildman–Crippen LogP) is 3.14. The van der Waals surface area contributed by atoms with Crippen LogP contribution in [0, 0.1) is 6.92 Å². The minimum absolute atomic E-state index is 0.134. The number of fused-ring (bicyclic) bond motifs is 1. The van der Waals surface area contributed by atoms with Crippen LogP contribution in [0.4, 0.5) is 5.82 Å². The number of piperazine rings is 1. The number of nitrogens with zero attached hydrogens (tertiary/aromatic N) is 6. The second kappa shape index (κ2) is 9.82. The minimum atomic E-state index is 0.134. The fourth-order valence-corrected chi connectivity index (χ4v) is 5.08. The highest BCUT2D eigenvalue weighted by atomic mass is 32.2. The number of aryl methyl sites for hydroxylation is 1. The number of amides is 1. The van der Waals surface area contributed by atoms with Gasteiger partial charge in [0.25, 0.3) is 0 Å². The molecule has 1 saturated heterocycles. The van der Waals surface area contributed by atoms with E-state index >= 15 is 0 Å². The van der Waals surface area contributed by atoms with Crippen LogP contribution in [0.15, 0.2) is 66.1 Å². The molecule has 4 aromatic rings. The summed E-state index contributed by atoms with van der Waals surface area (Å²) < 4.78 is 2.04. The molecule has 0 bridgehead atoms. The average molecular weight is 474 g/mol. The molecule has 2 aromatic heterocycles. The Morgan fingerprint density at radius 1 is 1.03 bits per heavy atom. The van der Waals surface area contributed by atoms with Crippen molar-refractivity contribution in [3.05, 3.63) is 72.3 Å². The first-order valence-corrected chi connectivity index (χ1v) is 12.3. The Labute approximate surface area is 202 Å². The summed E-state index contributed by atoms with van der Waals surface area (Å²) in [5, 5.41) is 1.70. The molecule has 0 atom stereocenters. The SMILES string of the molecule is Cc1ccccc1-n1ccnc1SCC(=O)N1CCN(Cc2nc(N)c3ccccc3n2)CC1. The van der Waals surface area contributed by atoms with E-state index in [0.717, 1.165) is 40.7 Å². The van der Waals surface area contributed by atoms with E-state index in [-0.39, 0.29) is 5.91 Å². The molecule has 5 rings (SSSR count). The largest absolute Gasteiger partial charge is 0.383 e. The standard InChI is InChI=1S/C25H27N7OS/c1-18-6-2-5-9-21(18)32-11-10-27-25(32)34-17-23(33)31-14-12-30(13-15-31)16-22-28-20-8-4-3-7-19(20)24(26)29-22/h2-11H,12-17H2,1H3,(H2,26,28,29). The molecule has 0 unspecified atom stereocenters. The molecule has 0 saturated carbocycles. The Bertz CT molecular complexity index is 1310. The van der Waals surface area contributed by atoms with Crippen molar-refractivity contribution < 1.29 is 4.79 Å². The number of nitrogens with two attached hydrogens (primary N) is 1. The third-order valence-corrected chi connectivity index (χ3v) is 7.03. The van der Waals surface area contributed by atoms with Crippen molar-refractivity contribution in [2.75, 3.05) is 37.7 Å². The van der Waals surface area contributed by atoms with Crippen molar-refractivity contribution in [2.24, 2.45) is 0 Å². The van der Waals surface area contributed by atoms with E-state index < -0.39 is 0 Å². The third-order valence-electron chi connectivity index (χ3n) is 6.08. The third kappa shape index (κ3) is 4.76. The minimum Gasteiger partial charge on any atom is -0.383 e. The zero-order valence-electron chi connectivity index (χ0n) is 19.1. The highest BCUT2D eigenvalue weighted by Gasteiger charge is 2.22. The molecule has 9 heteroatoms. The van der Waals surface area contributed by atoms with Gasteiger partial charge < -0.3 is 10.6 Å². The lowest BCUT2D eigenvalue weighted by Gasteiger charge is -2.34. The Kier molecular flexibility index (Phi) is 6.46. The summed E-state index contributed by atoms with van der Waals surface area (Å²) in [5.74, 6) is 1.73. The van der Waals surface area contributed by atoms with Gasteiger partial charge in [0, 0.05) is 44.0 Å². The van der Waals surface area contributed by atoms with Crippen LogP contribution in [0.1, 0.15) is 11.4 Å². The number of thioether (sulfide) groups is 1. The Balaban J connectivity index is 1.15. The lowest BCUT2D eigenvalue weighted by Crippen LogP contribution is -2.49. The van der Waals surface area contributed by atoms with Gasteiger partial charge in [0.15, 0.2) is 5.16 Å². The predicted molar refractivity (Wildman–Crippen MR) is 135 cm³/mol. The lowest BCUT2D eigenvalue weighted by molar-refractivity contribution is -0.130. The molecule has 1 amide bonds. The highest BCUT2D eigenvalue weighted by Crippen LogP contribution is 2.23. The van der Waals surface area contributed by atoms with E-state index in [4.69, 9.17) is 5.73 Å². The van der Waals surface area contributed by atoms with Gasteiger partial charge >= 0.3 is 0 Å². The second-order valence-corrected chi connectivity index (χ2v) is 9.30. The van der Waals surface area contributed by atoms with Crippen molar-refractivity contribution in [1.29, 1.82) is 0 Å². The molecule has 3 heterocycles. The van der Waals surface area contributed by atoms with Crippen molar-refractivity contribution in [2.45, 2.75) is 18.6 Å². The van der Waals surface area contributed by atoms with E-state index in [1.54, 1.807) is 6.20 Å². The smallest absolute Gasteiger partial charge is 0.233 e. The molecule has 1 aliphatic rings. The molecule has 0 radical (unpaired) electrons. The molecule has 2 N–H and O–H groups in total. The lowest BCUT2D eigenvalue weighted by atomic mass is 10.2. The van der Waals surface area contributed by atoms with E-state index in [0.29, 0.717) is 31.2 Å². The van der Waals surface area contributed by atoms with Crippen molar-refractivity contribution in [3.63, 3.8) is 0 Å². The van der Waals surface area contributed by atoms with Crippen LogP contribution < -0.4 is 5.73 Å². The summed E-state index contributed by atoms with van der Waals surface area (Å²) >= 11 is 1.48. The summed E-state index contributed by atoms with van der Waals surface area (Å²) in [6, 6.07) is 16.0. The molecule has 2 aromatic carbocycles. The van der Waals surface area contributed by atoms with E-state index in [2.05, 4.69) is 38.9 Å². The molecule has 0 spiro atoms. The monoisotopic (exact) mass is 473 g/mol. The first kappa shape index (κ1) is 22.4. The Morgan fingerprint density at radius 3 is 2.62 bits per heavy atom. The molecule has 1 fully saturated rings. The number of anilines is 1. The van der Waals surface area contributed by atoms with Crippen LogP contribution in [0.5, 0.6) is 0 Å². The van der Waals surface area contributed by atoms with Crippen LogP contribution in [0.25, 0.3) is 16.6 Å². The fraction of sp³-hybridized carbons (Fsp3) is 0.280. The molecule has 8 nitrogen and oxygen atoms in total. The highest BCUT2D eigenvalue weighted by molar-refractivity contribution is 7.99. The summed E-state index contributed by atoms with van der Waals surface area (Å²) in [4.78, 5) is 30.7. The van der Waals surface area contributed by atoms with Gasteiger partial charge in [0.05, 0.1) is 23.5 Å². The first-order valence-electron chi connectivity index (χ1n) is 11.3. The van der Waals surface area contributed by atoms with Crippen LogP contribution >= 0.6 is 11.8 Å². The number of benzene rings is 2. The number of carbonyl (C=O) groups excluding carboxylic acids is 1. The van der Waals surface area contributed by atoms with Crippen molar-refractivity contribution >= 4 is 34.4 Å². The second-order valence-electron chi connectivity index (χ2n) is 8.35. The molecule has 0 aliphatic carbocycles. The first-order chi connectivity index (χ1) is 16.6. The molecule has 34 heavy (non-hydrogen) atoms. The molecule has 1 aliphatic heterocycles. The summed E-state index contributed by atoms with van der Waals surface area (Å²) in [5.41, 5.74) is 9.23. The maximum atomic E-state index is 12.9. The quantitative estimate of drug-likeness (QED) is 0.430. The summed E-state index contributed by atoms with van der Waals surface area (Å²) in [6.07, 6.45) is 3.72. The van der Waals surface area contributed by atoms with Gasteiger partial charge in [-0.1, -0.05) is 42.1 Å². The maximum Gasteiger partial charge on any atom is 0.233 e. The number of carbonyl (C=O) groups is 1. The van der Waals surface area contributed by atoms with Gasteiger partial charge in [0.1, 0.15) is 11.6 Å². The average Bonchev–Trinajstić information content (AvgIpc) is 3.32. The van der Waals surface area contributed by atoms with Gasteiger partial charge in [-0.05, 0) is 30.7 Å². The Hall–Kier alpha value is -3.43. The summed E-state index contributed by atoms with van der Waals surface area (Å²) in [6.45, 7) is 5.64. The van der Waals surface area contributed by atoms with Gasteiger partial charge in [0.2, 0.25) is 5.91 Å². The van der Waals surface area contributed by atoms with E-state index in [1.807, 2.05) is 52.1 Å². The van der Waals surface area contributed by atoms with Gasteiger partial charge in [-0.2, -0.15) is 0 Å². The summed E-state index contributed by atoms with van der Waals surface area (Å²) in [7, 11) is 0. The molecular formula is C25H27N7OS. The van der Waals surface area contributed by atoms with Gasteiger partial charge in [-0.15, -0.1) is 0 Å². The topological polar surface area (TPSA) is 93.2 Å².